The molecule has 0 aliphatic heterocycles. The summed E-state index contributed by atoms with van der Waals surface area (Å²) in [5.41, 5.74) is -0.231. The van der Waals surface area contributed by atoms with E-state index in [0.29, 0.717) is 0 Å². The number of anilines is 1. The third kappa shape index (κ3) is 2.94. The van der Waals surface area contributed by atoms with Crippen LogP contribution in [0.3, 0.4) is 0 Å². The number of alkyl halides is 7. The molecule has 0 bridgehead atoms. The summed E-state index contributed by atoms with van der Waals surface area (Å²) in [7, 11) is 0. The smallest absolute Gasteiger partial charge is 0.324 e. The van der Waals surface area contributed by atoms with Crippen LogP contribution in [0.2, 0.25) is 0 Å². The number of carbonyl (C=O) groups excluding carboxylic acids is 1. The fourth-order valence-corrected chi connectivity index (χ4v) is 1.20. The standard InChI is InChI=1S/C10H6ClF6NO/c11-8(9(12,13)14,10(15,16)17)7(19)18-6-4-2-1-3-5-6/h1-5H,(H,18,19). The molecule has 19 heavy (non-hydrogen) atoms. The normalized spacial score (nSPS) is 13.2. The van der Waals surface area contributed by atoms with Crippen molar-refractivity contribution in [2.45, 2.75) is 17.2 Å². The van der Waals surface area contributed by atoms with Gasteiger partial charge in [0.1, 0.15) is 0 Å². The maximum atomic E-state index is 12.4. The molecule has 0 aromatic heterocycles. The van der Waals surface area contributed by atoms with Crippen LogP contribution < -0.4 is 5.32 Å². The molecule has 1 aromatic carbocycles. The Bertz CT molecular complexity index is 441. The maximum Gasteiger partial charge on any atom is 0.425 e. The Morgan fingerprint density at radius 2 is 1.37 bits per heavy atom. The van der Waals surface area contributed by atoms with Gasteiger partial charge in [-0.2, -0.15) is 26.3 Å². The Balaban J connectivity index is 3.11. The monoisotopic (exact) mass is 305 g/mol. The number of benzene rings is 1. The van der Waals surface area contributed by atoms with Gasteiger partial charge in [-0.3, -0.25) is 4.79 Å². The molecular weight excluding hydrogens is 300 g/mol. The summed E-state index contributed by atoms with van der Waals surface area (Å²) in [6.07, 6.45) is -12.0. The summed E-state index contributed by atoms with van der Waals surface area (Å²) < 4.78 is 74.6. The number of carbonyl (C=O) groups is 1. The second-order valence-electron chi connectivity index (χ2n) is 3.47. The lowest BCUT2D eigenvalue weighted by molar-refractivity contribution is -0.258. The summed E-state index contributed by atoms with van der Waals surface area (Å²) >= 11 is 4.53. The van der Waals surface area contributed by atoms with Crippen LogP contribution in [0.4, 0.5) is 32.0 Å². The van der Waals surface area contributed by atoms with Gasteiger partial charge in [0.15, 0.2) is 0 Å². The zero-order valence-electron chi connectivity index (χ0n) is 8.94. The summed E-state index contributed by atoms with van der Waals surface area (Å²) in [5.74, 6) is -2.40. The zero-order chi connectivity index (χ0) is 14.9. The van der Waals surface area contributed by atoms with Gasteiger partial charge < -0.3 is 5.32 Å². The third-order valence-electron chi connectivity index (χ3n) is 2.13. The van der Waals surface area contributed by atoms with E-state index < -0.39 is 23.1 Å². The molecule has 0 radical (unpaired) electrons. The van der Waals surface area contributed by atoms with E-state index in [2.05, 4.69) is 11.6 Å². The summed E-state index contributed by atoms with van der Waals surface area (Å²) in [6.45, 7) is 0. The van der Waals surface area contributed by atoms with E-state index in [1.165, 1.54) is 23.5 Å². The summed E-state index contributed by atoms with van der Waals surface area (Å²) in [5, 5.41) is 1.48. The Hall–Kier alpha value is -1.44. The third-order valence-corrected chi connectivity index (χ3v) is 2.73. The first-order chi connectivity index (χ1) is 8.50. The Kier molecular flexibility index (Phi) is 4.04. The first-order valence-corrected chi connectivity index (χ1v) is 5.07. The average molecular weight is 306 g/mol. The molecule has 1 rings (SSSR count). The second-order valence-corrected chi connectivity index (χ2v) is 4.04. The molecule has 2 nitrogen and oxygen atoms in total. The fraction of sp³-hybridized carbons (Fsp3) is 0.300. The van der Waals surface area contributed by atoms with Crippen molar-refractivity contribution in [2.75, 3.05) is 5.32 Å². The number of hydrogen-bond acceptors (Lipinski definition) is 1. The van der Waals surface area contributed by atoms with Crippen molar-refractivity contribution >= 4 is 23.2 Å². The minimum Gasteiger partial charge on any atom is -0.324 e. The highest BCUT2D eigenvalue weighted by molar-refractivity contribution is 6.38. The van der Waals surface area contributed by atoms with E-state index in [-0.39, 0.29) is 5.69 Å². The van der Waals surface area contributed by atoms with Gasteiger partial charge in [0.05, 0.1) is 0 Å². The van der Waals surface area contributed by atoms with Crippen molar-refractivity contribution < 1.29 is 31.1 Å². The molecule has 0 aliphatic carbocycles. The number of hydrogen-bond donors (Lipinski definition) is 1. The molecule has 106 valence electrons. The van der Waals surface area contributed by atoms with Crippen molar-refractivity contribution in [1.29, 1.82) is 0 Å². The molecule has 0 aliphatic rings. The molecule has 0 unspecified atom stereocenters. The highest BCUT2D eigenvalue weighted by atomic mass is 35.5. The van der Waals surface area contributed by atoms with E-state index >= 15 is 0 Å². The molecule has 9 heteroatoms. The molecule has 1 amide bonds. The van der Waals surface area contributed by atoms with E-state index in [1.807, 2.05) is 0 Å². The van der Waals surface area contributed by atoms with E-state index in [0.717, 1.165) is 12.1 Å². The lowest BCUT2D eigenvalue weighted by atomic mass is 10.1. The SMILES string of the molecule is O=C(Nc1ccccc1)C(Cl)(C(F)(F)F)C(F)(F)F. The Morgan fingerprint density at radius 3 is 1.74 bits per heavy atom. The number of nitrogens with one attached hydrogen (secondary N) is 1. The van der Waals surface area contributed by atoms with Gasteiger partial charge in [0.2, 0.25) is 0 Å². The predicted molar refractivity (Wildman–Crippen MR) is 55.8 cm³/mol. The van der Waals surface area contributed by atoms with Gasteiger partial charge in [-0.05, 0) is 12.1 Å². The number of para-hydroxylation sites is 1. The summed E-state index contributed by atoms with van der Waals surface area (Å²) in [4.78, 5) is 6.25. The highest BCUT2D eigenvalue weighted by Gasteiger charge is 2.75. The van der Waals surface area contributed by atoms with Crippen molar-refractivity contribution in [2.24, 2.45) is 0 Å². The number of rotatable bonds is 2. The van der Waals surface area contributed by atoms with Crippen LogP contribution in [0.1, 0.15) is 0 Å². The van der Waals surface area contributed by atoms with Crippen molar-refractivity contribution in [3.8, 4) is 0 Å². The molecule has 1 aromatic rings. The van der Waals surface area contributed by atoms with Crippen molar-refractivity contribution in [3.05, 3.63) is 30.3 Å². The zero-order valence-corrected chi connectivity index (χ0v) is 9.70. The average Bonchev–Trinajstić information content (AvgIpc) is 2.26. The summed E-state index contributed by atoms with van der Waals surface area (Å²) in [6, 6.07) is 6.38. The Morgan fingerprint density at radius 1 is 0.947 bits per heavy atom. The second kappa shape index (κ2) is 4.92. The van der Waals surface area contributed by atoms with Crippen LogP contribution in [0, 0.1) is 0 Å². The van der Waals surface area contributed by atoms with Crippen LogP contribution in [-0.4, -0.2) is 23.1 Å². The maximum absolute atomic E-state index is 12.4. The minimum absolute atomic E-state index is 0.231. The van der Waals surface area contributed by atoms with Gasteiger partial charge >= 0.3 is 17.2 Å². The minimum atomic E-state index is -5.98. The van der Waals surface area contributed by atoms with Crippen LogP contribution >= 0.6 is 11.6 Å². The molecule has 1 N–H and O–H groups in total. The van der Waals surface area contributed by atoms with Crippen molar-refractivity contribution in [3.63, 3.8) is 0 Å². The highest BCUT2D eigenvalue weighted by Crippen LogP contribution is 2.48. The lowest BCUT2D eigenvalue weighted by Gasteiger charge is -2.30. The van der Waals surface area contributed by atoms with Gasteiger partial charge in [-0.15, -0.1) is 0 Å². The van der Waals surface area contributed by atoms with Crippen molar-refractivity contribution in [1.82, 2.24) is 0 Å². The van der Waals surface area contributed by atoms with E-state index in [9.17, 15) is 31.1 Å². The number of amides is 1. The van der Waals surface area contributed by atoms with Crippen LogP contribution in [-0.2, 0) is 4.79 Å². The van der Waals surface area contributed by atoms with Gasteiger partial charge in [0.25, 0.3) is 5.91 Å². The van der Waals surface area contributed by atoms with E-state index in [4.69, 9.17) is 0 Å². The largest absolute Gasteiger partial charge is 0.425 e. The Labute approximate surface area is 108 Å². The van der Waals surface area contributed by atoms with Gasteiger partial charge in [-0.1, -0.05) is 29.8 Å². The molecule has 0 fully saturated rings. The molecule has 0 heterocycles. The van der Waals surface area contributed by atoms with Crippen LogP contribution in [0.15, 0.2) is 30.3 Å². The molecule has 0 atom stereocenters. The molecule has 0 saturated heterocycles. The lowest BCUT2D eigenvalue weighted by Crippen LogP contribution is -2.60. The number of halogens is 7. The molecular formula is C10H6ClF6NO. The van der Waals surface area contributed by atoms with Crippen LogP contribution in [0.25, 0.3) is 0 Å². The first kappa shape index (κ1) is 15.6. The van der Waals surface area contributed by atoms with E-state index in [1.54, 1.807) is 0 Å². The van der Waals surface area contributed by atoms with Gasteiger partial charge in [0, 0.05) is 5.69 Å². The quantitative estimate of drug-likeness (QED) is 0.655. The first-order valence-electron chi connectivity index (χ1n) is 4.69. The van der Waals surface area contributed by atoms with Gasteiger partial charge in [-0.25, -0.2) is 0 Å². The predicted octanol–water partition coefficient (Wildman–Crippen LogP) is 3.73. The molecule has 0 saturated carbocycles. The fourth-order valence-electron chi connectivity index (χ4n) is 1.16. The van der Waals surface area contributed by atoms with Crippen LogP contribution in [0.5, 0.6) is 0 Å². The topological polar surface area (TPSA) is 29.1 Å². The molecule has 0 spiro atoms.